The summed E-state index contributed by atoms with van der Waals surface area (Å²) in [7, 11) is 3.34. The molecule has 0 saturated heterocycles. The van der Waals surface area contributed by atoms with Crippen molar-refractivity contribution in [1.29, 1.82) is 0 Å². The maximum atomic E-state index is 5.35. The van der Waals surface area contributed by atoms with E-state index in [1.165, 1.54) is 0 Å². The van der Waals surface area contributed by atoms with E-state index >= 15 is 0 Å². The van der Waals surface area contributed by atoms with Gasteiger partial charge in [-0.3, -0.25) is 4.99 Å². The molecule has 0 fully saturated rings. The van der Waals surface area contributed by atoms with Gasteiger partial charge in [0.05, 0.1) is 14.2 Å². The lowest BCUT2D eigenvalue weighted by atomic mass is 10.2. The second-order valence-electron chi connectivity index (χ2n) is 4.40. The molecule has 6 heteroatoms. The fourth-order valence-electron chi connectivity index (χ4n) is 2.01. The first-order chi connectivity index (χ1) is 9.33. The summed E-state index contributed by atoms with van der Waals surface area (Å²) in [6, 6.07) is 5.78. The van der Waals surface area contributed by atoms with Gasteiger partial charge in [0.1, 0.15) is 11.5 Å². The van der Waals surface area contributed by atoms with Crippen molar-refractivity contribution in [3.05, 3.63) is 23.8 Å². The lowest BCUT2D eigenvalue weighted by molar-refractivity contribution is 0.398. The van der Waals surface area contributed by atoms with Gasteiger partial charge < -0.3 is 20.1 Å². The summed E-state index contributed by atoms with van der Waals surface area (Å²) in [5, 5.41) is 6.59. The van der Waals surface area contributed by atoms with Crippen LogP contribution in [0.2, 0.25) is 0 Å². The highest BCUT2D eigenvalue weighted by Gasteiger charge is 2.07. The number of rotatable bonds is 4. The van der Waals surface area contributed by atoms with Crippen LogP contribution in [-0.2, 0) is 6.54 Å². The van der Waals surface area contributed by atoms with Crippen LogP contribution in [0.5, 0.6) is 11.5 Å². The summed E-state index contributed by atoms with van der Waals surface area (Å²) in [6.45, 7) is 2.51. The maximum Gasteiger partial charge on any atom is 0.191 e. The molecule has 0 atom stereocenters. The van der Waals surface area contributed by atoms with Gasteiger partial charge >= 0.3 is 0 Å². The molecule has 1 aliphatic heterocycles. The SMILES string of the molecule is Br.COc1ccc(OC)c(CNC2=NCCCCN2)c1. The number of nitrogens with one attached hydrogen (secondary N) is 2. The zero-order chi connectivity index (χ0) is 13.5. The molecule has 1 aliphatic rings. The molecule has 2 N–H and O–H groups in total. The van der Waals surface area contributed by atoms with Crippen LogP contribution < -0.4 is 20.1 Å². The fourth-order valence-corrected chi connectivity index (χ4v) is 2.01. The maximum absolute atomic E-state index is 5.35. The minimum atomic E-state index is 0. The number of nitrogens with zero attached hydrogens (tertiary/aromatic N) is 1. The molecular formula is C14H22BrN3O2. The lowest BCUT2D eigenvalue weighted by Crippen LogP contribution is -2.36. The Kier molecular flexibility index (Phi) is 7.22. The van der Waals surface area contributed by atoms with Crippen molar-refractivity contribution < 1.29 is 9.47 Å². The second kappa shape index (κ2) is 8.68. The van der Waals surface area contributed by atoms with Crippen LogP contribution in [0, 0.1) is 0 Å². The van der Waals surface area contributed by atoms with Gasteiger partial charge in [-0.25, -0.2) is 0 Å². The van der Waals surface area contributed by atoms with Gasteiger partial charge in [-0.1, -0.05) is 0 Å². The summed E-state index contributed by atoms with van der Waals surface area (Å²) >= 11 is 0. The molecule has 20 heavy (non-hydrogen) atoms. The molecule has 0 aromatic heterocycles. The van der Waals surface area contributed by atoms with Crippen LogP contribution in [0.4, 0.5) is 0 Å². The van der Waals surface area contributed by atoms with E-state index in [0.717, 1.165) is 49.0 Å². The van der Waals surface area contributed by atoms with Crippen molar-refractivity contribution in [3.63, 3.8) is 0 Å². The van der Waals surface area contributed by atoms with Gasteiger partial charge in [0.15, 0.2) is 5.96 Å². The predicted molar refractivity (Wildman–Crippen MR) is 86.2 cm³/mol. The van der Waals surface area contributed by atoms with E-state index in [0.29, 0.717) is 6.54 Å². The van der Waals surface area contributed by atoms with E-state index in [2.05, 4.69) is 15.6 Å². The molecule has 5 nitrogen and oxygen atoms in total. The van der Waals surface area contributed by atoms with E-state index in [9.17, 15) is 0 Å². The van der Waals surface area contributed by atoms with Gasteiger partial charge in [0, 0.05) is 25.2 Å². The van der Waals surface area contributed by atoms with Gasteiger partial charge in [-0.2, -0.15) is 0 Å². The van der Waals surface area contributed by atoms with Crippen LogP contribution in [0.25, 0.3) is 0 Å². The Bertz CT molecular complexity index is 452. The van der Waals surface area contributed by atoms with E-state index in [4.69, 9.17) is 9.47 Å². The first-order valence-corrected chi connectivity index (χ1v) is 6.56. The largest absolute Gasteiger partial charge is 0.497 e. The highest BCUT2D eigenvalue weighted by molar-refractivity contribution is 8.93. The molecule has 1 aromatic rings. The van der Waals surface area contributed by atoms with Crippen LogP contribution >= 0.6 is 17.0 Å². The molecule has 0 amide bonds. The molecule has 0 bridgehead atoms. The van der Waals surface area contributed by atoms with Crippen LogP contribution in [-0.4, -0.2) is 33.3 Å². The highest BCUT2D eigenvalue weighted by Crippen LogP contribution is 2.23. The van der Waals surface area contributed by atoms with Crippen molar-refractivity contribution in [3.8, 4) is 11.5 Å². The third-order valence-electron chi connectivity index (χ3n) is 3.08. The van der Waals surface area contributed by atoms with Crippen LogP contribution in [0.3, 0.4) is 0 Å². The predicted octanol–water partition coefficient (Wildman–Crippen LogP) is 2.11. The number of hydrogen-bond donors (Lipinski definition) is 2. The summed E-state index contributed by atoms with van der Waals surface area (Å²) in [5.74, 6) is 2.54. The number of aliphatic imine (C=N–C) groups is 1. The summed E-state index contributed by atoms with van der Waals surface area (Å²) in [5.41, 5.74) is 1.05. The molecule has 1 aromatic carbocycles. The number of benzene rings is 1. The topological polar surface area (TPSA) is 54.9 Å². The van der Waals surface area contributed by atoms with Crippen LogP contribution in [0.15, 0.2) is 23.2 Å². The third-order valence-corrected chi connectivity index (χ3v) is 3.08. The van der Waals surface area contributed by atoms with Crippen LogP contribution in [0.1, 0.15) is 18.4 Å². The molecule has 0 aliphatic carbocycles. The minimum absolute atomic E-state index is 0. The molecular weight excluding hydrogens is 322 g/mol. The standard InChI is InChI=1S/C14H21N3O2.BrH/c1-18-12-5-6-13(19-2)11(9-12)10-17-14-15-7-3-4-8-16-14;/h5-6,9H,3-4,7-8,10H2,1-2H3,(H2,15,16,17);1H. The molecule has 0 spiro atoms. The van der Waals surface area contributed by atoms with Gasteiger partial charge in [0.25, 0.3) is 0 Å². The van der Waals surface area contributed by atoms with Crippen molar-refractivity contribution in [2.45, 2.75) is 19.4 Å². The first kappa shape index (κ1) is 16.6. The molecule has 0 saturated carbocycles. The summed E-state index contributed by atoms with van der Waals surface area (Å²) in [4.78, 5) is 4.46. The van der Waals surface area contributed by atoms with E-state index < -0.39 is 0 Å². The van der Waals surface area contributed by atoms with Gasteiger partial charge in [-0.15, -0.1) is 17.0 Å². The Hall–Kier alpha value is -1.43. The third kappa shape index (κ3) is 4.59. The quantitative estimate of drug-likeness (QED) is 0.879. The van der Waals surface area contributed by atoms with E-state index in [-0.39, 0.29) is 17.0 Å². The summed E-state index contributed by atoms with van der Waals surface area (Å²) < 4.78 is 10.6. The van der Waals surface area contributed by atoms with E-state index in [1.54, 1.807) is 14.2 Å². The van der Waals surface area contributed by atoms with Gasteiger partial charge in [-0.05, 0) is 31.0 Å². The van der Waals surface area contributed by atoms with Crippen molar-refractivity contribution >= 4 is 22.9 Å². The number of hydrogen-bond acceptors (Lipinski definition) is 5. The molecule has 112 valence electrons. The molecule has 0 unspecified atom stereocenters. The number of ether oxygens (including phenoxy) is 2. The Morgan fingerprint density at radius 2 is 2.10 bits per heavy atom. The van der Waals surface area contributed by atoms with Gasteiger partial charge in [0.2, 0.25) is 0 Å². The Balaban J connectivity index is 0.00000200. The van der Waals surface area contributed by atoms with Crippen molar-refractivity contribution in [2.75, 3.05) is 27.3 Å². The second-order valence-corrected chi connectivity index (χ2v) is 4.40. The molecule has 1 heterocycles. The average molecular weight is 344 g/mol. The minimum Gasteiger partial charge on any atom is -0.497 e. The monoisotopic (exact) mass is 343 g/mol. The average Bonchev–Trinajstić information content (AvgIpc) is 2.73. The normalized spacial score (nSPS) is 14.2. The Morgan fingerprint density at radius 1 is 1.25 bits per heavy atom. The van der Waals surface area contributed by atoms with E-state index in [1.807, 2.05) is 18.2 Å². The van der Waals surface area contributed by atoms with Crippen molar-refractivity contribution in [1.82, 2.24) is 10.6 Å². The summed E-state index contributed by atoms with van der Waals surface area (Å²) in [6.07, 6.45) is 2.30. The number of guanidine groups is 1. The highest BCUT2D eigenvalue weighted by atomic mass is 79.9. The Labute approximate surface area is 130 Å². The zero-order valence-electron chi connectivity index (χ0n) is 11.9. The molecule has 2 rings (SSSR count). The van der Waals surface area contributed by atoms with Crippen molar-refractivity contribution in [2.24, 2.45) is 4.99 Å². The smallest absolute Gasteiger partial charge is 0.191 e. The first-order valence-electron chi connectivity index (χ1n) is 6.56. The Morgan fingerprint density at radius 3 is 2.85 bits per heavy atom. The fraction of sp³-hybridized carbons (Fsp3) is 0.500. The number of methoxy groups -OCH3 is 2. The zero-order valence-corrected chi connectivity index (χ0v) is 13.7. The lowest BCUT2D eigenvalue weighted by Gasteiger charge is -2.13. The molecule has 0 radical (unpaired) electrons. The number of halogens is 1.